The van der Waals surface area contributed by atoms with E-state index in [2.05, 4.69) is 25.2 Å². The Morgan fingerprint density at radius 3 is 2.59 bits per heavy atom. The lowest BCUT2D eigenvalue weighted by Crippen LogP contribution is -2.37. The van der Waals surface area contributed by atoms with Crippen LogP contribution in [0.1, 0.15) is 30.9 Å². The SMILES string of the molecule is O=C(O)CCC(=O)Nc1ccc2[nH]cc([C@H](C(=O)O)N3CCCN(c4ncccn4)CC3)c2c1. The molecule has 3 heterocycles. The molecular weight excluding hydrogens is 440 g/mol. The minimum Gasteiger partial charge on any atom is -0.481 e. The van der Waals surface area contributed by atoms with Gasteiger partial charge in [0.05, 0.1) is 6.42 Å². The average molecular weight is 466 g/mol. The molecule has 1 aliphatic rings. The Kier molecular flexibility index (Phi) is 7.02. The largest absolute Gasteiger partial charge is 0.481 e. The Balaban J connectivity index is 1.55. The lowest BCUT2D eigenvalue weighted by molar-refractivity contribution is -0.143. The first-order valence-electron chi connectivity index (χ1n) is 11.0. The van der Waals surface area contributed by atoms with Crippen molar-refractivity contribution in [2.45, 2.75) is 25.3 Å². The smallest absolute Gasteiger partial charge is 0.325 e. The van der Waals surface area contributed by atoms with Gasteiger partial charge in [0, 0.05) is 73.3 Å². The second-order valence-corrected chi connectivity index (χ2v) is 8.11. The standard InChI is InChI=1S/C23H26N6O5/c30-19(5-6-20(31)32)27-15-3-4-18-16(13-15)17(14-26-18)21(22(33)34)28-9-2-10-29(12-11-28)23-24-7-1-8-25-23/h1,3-4,7-8,13-14,21,26H,2,5-6,9-12H2,(H,27,30)(H,31,32)(H,33,34)/t21-/m1/s1. The second-order valence-electron chi connectivity index (χ2n) is 8.11. The van der Waals surface area contributed by atoms with Crippen LogP contribution in [-0.2, 0) is 14.4 Å². The van der Waals surface area contributed by atoms with E-state index in [0.717, 1.165) is 18.5 Å². The number of aromatic nitrogens is 3. The quantitative estimate of drug-likeness (QED) is 0.391. The van der Waals surface area contributed by atoms with Crippen LogP contribution < -0.4 is 10.2 Å². The fraction of sp³-hybridized carbons (Fsp3) is 0.348. The number of aromatic amines is 1. The minimum atomic E-state index is -1.04. The van der Waals surface area contributed by atoms with Crippen molar-refractivity contribution in [3.63, 3.8) is 0 Å². The molecule has 4 rings (SSSR count). The monoisotopic (exact) mass is 466 g/mol. The predicted molar refractivity (Wildman–Crippen MR) is 125 cm³/mol. The van der Waals surface area contributed by atoms with Crippen LogP contribution in [-0.4, -0.2) is 74.1 Å². The Morgan fingerprint density at radius 1 is 1.06 bits per heavy atom. The third kappa shape index (κ3) is 5.31. The number of fused-ring (bicyclic) bond motifs is 1. The second kappa shape index (κ2) is 10.3. The number of rotatable bonds is 8. The molecule has 1 fully saturated rings. The number of hydrogen-bond donors (Lipinski definition) is 4. The fourth-order valence-electron chi connectivity index (χ4n) is 4.23. The molecule has 34 heavy (non-hydrogen) atoms. The molecule has 0 bridgehead atoms. The van der Waals surface area contributed by atoms with E-state index in [1.54, 1.807) is 42.9 Å². The van der Waals surface area contributed by atoms with Gasteiger partial charge in [0.1, 0.15) is 6.04 Å². The fourth-order valence-corrected chi connectivity index (χ4v) is 4.23. The van der Waals surface area contributed by atoms with Crippen molar-refractivity contribution in [2.75, 3.05) is 36.4 Å². The number of nitrogens with one attached hydrogen (secondary N) is 2. The van der Waals surface area contributed by atoms with E-state index < -0.39 is 23.9 Å². The third-order valence-corrected chi connectivity index (χ3v) is 5.82. The number of carbonyl (C=O) groups excluding carboxylic acids is 1. The number of anilines is 2. The van der Waals surface area contributed by atoms with Crippen LogP contribution in [0.2, 0.25) is 0 Å². The predicted octanol–water partition coefficient (Wildman–Crippen LogP) is 2.10. The molecule has 0 unspecified atom stereocenters. The highest BCUT2D eigenvalue weighted by Gasteiger charge is 2.31. The number of amides is 1. The summed E-state index contributed by atoms with van der Waals surface area (Å²) in [6.07, 6.45) is 5.44. The maximum atomic E-state index is 12.4. The Hall–Kier alpha value is -3.99. The van der Waals surface area contributed by atoms with E-state index in [1.165, 1.54) is 0 Å². The highest BCUT2D eigenvalue weighted by Crippen LogP contribution is 2.31. The lowest BCUT2D eigenvalue weighted by atomic mass is 10.0. The van der Waals surface area contributed by atoms with Gasteiger partial charge in [0.2, 0.25) is 11.9 Å². The first kappa shape index (κ1) is 23.2. The van der Waals surface area contributed by atoms with Gasteiger partial charge in [0.15, 0.2) is 0 Å². The van der Waals surface area contributed by atoms with Crippen LogP contribution in [0.25, 0.3) is 10.9 Å². The number of aliphatic carboxylic acids is 2. The van der Waals surface area contributed by atoms with Gasteiger partial charge in [0.25, 0.3) is 0 Å². The van der Waals surface area contributed by atoms with Gasteiger partial charge in [-0.15, -0.1) is 0 Å². The van der Waals surface area contributed by atoms with E-state index in [0.29, 0.717) is 42.2 Å². The molecular formula is C23H26N6O5. The summed E-state index contributed by atoms with van der Waals surface area (Å²) in [4.78, 5) is 50.9. The zero-order valence-corrected chi connectivity index (χ0v) is 18.5. The van der Waals surface area contributed by atoms with E-state index >= 15 is 0 Å². The van der Waals surface area contributed by atoms with E-state index in [1.807, 2.05) is 4.90 Å². The zero-order chi connectivity index (χ0) is 24.1. The highest BCUT2D eigenvalue weighted by atomic mass is 16.4. The lowest BCUT2D eigenvalue weighted by Gasteiger charge is -2.27. The number of nitrogens with zero attached hydrogens (tertiary/aromatic N) is 4. The molecule has 0 aliphatic carbocycles. The van der Waals surface area contributed by atoms with Gasteiger partial charge in [-0.05, 0) is 30.7 Å². The number of benzene rings is 1. The van der Waals surface area contributed by atoms with Crippen LogP contribution in [0.15, 0.2) is 42.9 Å². The first-order chi connectivity index (χ1) is 16.4. The van der Waals surface area contributed by atoms with Crippen molar-refractivity contribution in [3.8, 4) is 0 Å². The van der Waals surface area contributed by atoms with Gasteiger partial charge >= 0.3 is 11.9 Å². The van der Waals surface area contributed by atoms with Crippen LogP contribution >= 0.6 is 0 Å². The Bertz CT molecular complexity index is 1180. The Labute approximate surface area is 195 Å². The molecule has 0 spiro atoms. The van der Waals surface area contributed by atoms with Crippen molar-refractivity contribution >= 4 is 40.4 Å². The molecule has 11 nitrogen and oxygen atoms in total. The van der Waals surface area contributed by atoms with Crippen molar-refractivity contribution in [2.24, 2.45) is 0 Å². The van der Waals surface area contributed by atoms with Gasteiger partial charge in [-0.1, -0.05) is 0 Å². The topological polar surface area (TPSA) is 152 Å². The summed E-state index contributed by atoms with van der Waals surface area (Å²) in [5.41, 5.74) is 1.84. The van der Waals surface area contributed by atoms with Crippen LogP contribution in [0, 0.1) is 0 Å². The molecule has 0 saturated carbocycles. The van der Waals surface area contributed by atoms with Gasteiger partial charge in [-0.25, -0.2) is 9.97 Å². The van der Waals surface area contributed by atoms with Gasteiger partial charge in [-0.3, -0.25) is 19.3 Å². The van der Waals surface area contributed by atoms with Crippen molar-refractivity contribution < 1.29 is 24.6 Å². The molecule has 0 radical (unpaired) electrons. The van der Waals surface area contributed by atoms with Crippen LogP contribution in [0.4, 0.5) is 11.6 Å². The van der Waals surface area contributed by atoms with Crippen LogP contribution in [0.3, 0.4) is 0 Å². The molecule has 4 N–H and O–H groups in total. The summed E-state index contributed by atoms with van der Waals surface area (Å²) >= 11 is 0. The maximum absolute atomic E-state index is 12.4. The summed E-state index contributed by atoms with van der Waals surface area (Å²) < 4.78 is 0. The Morgan fingerprint density at radius 2 is 1.85 bits per heavy atom. The van der Waals surface area contributed by atoms with Crippen molar-refractivity contribution in [1.29, 1.82) is 0 Å². The van der Waals surface area contributed by atoms with E-state index in [9.17, 15) is 19.5 Å². The first-order valence-corrected chi connectivity index (χ1v) is 11.0. The van der Waals surface area contributed by atoms with Gasteiger partial charge < -0.3 is 25.4 Å². The third-order valence-electron chi connectivity index (χ3n) is 5.82. The number of carboxylic acid groups (broad SMARTS) is 2. The molecule has 3 aromatic rings. The molecule has 1 amide bonds. The summed E-state index contributed by atoms with van der Waals surface area (Å²) in [6.45, 7) is 2.44. The molecule has 1 saturated heterocycles. The average Bonchev–Trinajstić information content (AvgIpc) is 3.06. The normalized spacial score (nSPS) is 15.6. The van der Waals surface area contributed by atoms with Crippen molar-refractivity contribution in [1.82, 2.24) is 19.9 Å². The summed E-state index contributed by atoms with van der Waals surface area (Å²) in [7, 11) is 0. The number of hydrogen-bond acceptors (Lipinski definition) is 7. The molecule has 2 aromatic heterocycles. The van der Waals surface area contributed by atoms with E-state index in [4.69, 9.17) is 5.11 Å². The van der Waals surface area contributed by atoms with E-state index in [-0.39, 0.29) is 12.8 Å². The maximum Gasteiger partial charge on any atom is 0.325 e. The molecule has 1 aromatic carbocycles. The summed E-state index contributed by atoms with van der Waals surface area (Å²) in [5.74, 6) is -1.78. The molecule has 178 valence electrons. The number of H-pyrrole nitrogens is 1. The zero-order valence-electron chi connectivity index (χ0n) is 18.5. The summed E-state index contributed by atoms with van der Waals surface area (Å²) in [6, 6.07) is 6.07. The van der Waals surface area contributed by atoms with Gasteiger partial charge in [-0.2, -0.15) is 0 Å². The number of carboxylic acids is 2. The number of carbonyl (C=O) groups is 3. The minimum absolute atomic E-state index is 0.138. The molecule has 1 atom stereocenters. The summed E-state index contributed by atoms with van der Waals surface area (Å²) in [5, 5.41) is 22.3. The van der Waals surface area contributed by atoms with Crippen molar-refractivity contribution in [3.05, 3.63) is 48.4 Å². The molecule has 11 heteroatoms. The molecule has 1 aliphatic heterocycles. The van der Waals surface area contributed by atoms with Crippen LogP contribution in [0.5, 0.6) is 0 Å². The highest BCUT2D eigenvalue weighted by molar-refractivity contribution is 5.96.